The lowest BCUT2D eigenvalue weighted by Gasteiger charge is -2.12. The van der Waals surface area contributed by atoms with Crippen molar-refractivity contribution < 1.29 is 9.84 Å². The quantitative estimate of drug-likeness (QED) is 0.692. The number of rotatable bonds is 6. The fraction of sp³-hybridized carbons (Fsp3) is 0.333. The predicted molar refractivity (Wildman–Crippen MR) is 105 cm³/mol. The number of nitrogens with zero attached hydrogens (tertiary/aromatic N) is 2. The minimum atomic E-state index is -0.318. The van der Waals surface area contributed by atoms with Gasteiger partial charge in [0.15, 0.2) is 5.82 Å². The number of nitrogens with one attached hydrogen (secondary N) is 1. The van der Waals surface area contributed by atoms with E-state index in [2.05, 4.69) is 24.0 Å². The van der Waals surface area contributed by atoms with E-state index in [9.17, 15) is 9.90 Å². The maximum atomic E-state index is 12.3. The standard InChI is InChI=1S/C21H25N3O3/c1-13(2)16-7-10-19(25)18(11-16)20-22-23-21(26)24(20)12-15-5-8-17(9-6-15)27-14(3)4/h5-11,13-14,25H,12H2,1-4H3,(H,23,26). The summed E-state index contributed by atoms with van der Waals surface area (Å²) in [5.41, 5.74) is 2.23. The van der Waals surface area contributed by atoms with Crippen LogP contribution in [0.15, 0.2) is 47.3 Å². The smallest absolute Gasteiger partial charge is 0.343 e. The summed E-state index contributed by atoms with van der Waals surface area (Å²) in [4.78, 5) is 12.3. The third kappa shape index (κ3) is 4.22. The van der Waals surface area contributed by atoms with Crippen molar-refractivity contribution in [2.24, 2.45) is 0 Å². The van der Waals surface area contributed by atoms with Crippen molar-refractivity contribution in [2.75, 3.05) is 0 Å². The molecule has 0 bridgehead atoms. The highest BCUT2D eigenvalue weighted by atomic mass is 16.5. The van der Waals surface area contributed by atoms with Crippen molar-refractivity contribution in [3.05, 3.63) is 64.1 Å². The van der Waals surface area contributed by atoms with E-state index in [0.29, 0.717) is 23.9 Å². The summed E-state index contributed by atoms with van der Waals surface area (Å²) < 4.78 is 7.18. The summed E-state index contributed by atoms with van der Waals surface area (Å²) in [6.45, 7) is 8.45. The highest BCUT2D eigenvalue weighted by molar-refractivity contribution is 5.65. The second-order valence-corrected chi connectivity index (χ2v) is 7.18. The predicted octanol–water partition coefficient (Wildman–Crippen LogP) is 3.90. The van der Waals surface area contributed by atoms with Gasteiger partial charge < -0.3 is 9.84 Å². The monoisotopic (exact) mass is 367 g/mol. The topological polar surface area (TPSA) is 80.1 Å². The molecule has 3 aromatic rings. The van der Waals surface area contributed by atoms with Crippen LogP contribution in [0.4, 0.5) is 0 Å². The largest absolute Gasteiger partial charge is 0.507 e. The maximum absolute atomic E-state index is 12.3. The van der Waals surface area contributed by atoms with E-state index in [1.807, 2.05) is 50.2 Å². The number of phenolic OH excluding ortho intramolecular Hbond substituents is 1. The van der Waals surface area contributed by atoms with Crippen LogP contribution in [0.25, 0.3) is 11.4 Å². The summed E-state index contributed by atoms with van der Waals surface area (Å²) >= 11 is 0. The van der Waals surface area contributed by atoms with Crippen molar-refractivity contribution in [2.45, 2.75) is 46.3 Å². The van der Waals surface area contributed by atoms with Gasteiger partial charge in [0.2, 0.25) is 0 Å². The van der Waals surface area contributed by atoms with Crippen LogP contribution < -0.4 is 10.4 Å². The first kappa shape index (κ1) is 18.8. The third-order valence-corrected chi connectivity index (χ3v) is 4.32. The molecule has 0 unspecified atom stereocenters. The first-order valence-corrected chi connectivity index (χ1v) is 9.09. The van der Waals surface area contributed by atoms with E-state index < -0.39 is 0 Å². The van der Waals surface area contributed by atoms with Crippen LogP contribution in [0.2, 0.25) is 0 Å². The van der Waals surface area contributed by atoms with Gasteiger partial charge in [-0.2, -0.15) is 5.10 Å². The van der Waals surface area contributed by atoms with Gasteiger partial charge in [0.25, 0.3) is 0 Å². The zero-order valence-electron chi connectivity index (χ0n) is 16.1. The fourth-order valence-corrected chi connectivity index (χ4v) is 2.89. The number of hydrogen-bond acceptors (Lipinski definition) is 4. The van der Waals surface area contributed by atoms with Crippen molar-refractivity contribution in [1.29, 1.82) is 0 Å². The molecule has 0 aliphatic carbocycles. The molecule has 0 radical (unpaired) electrons. The lowest BCUT2D eigenvalue weighted by Crippen LogP contribution is -2.18. The van der Waals surface area contributed by atoms with Gasteiger partial charge in [-0.3, -0.25) is 4.57 Å². The molecule has 0 aliphatic rings. The summed E-state index contributed by atoms with van der Waals surface area (Å²) in [5, 5.41) is 16.9. The Morgan fingerprint density at radius 2 is 1.81 bits per heavy atom. The van der Waals surface area contributed by atoms with E-state index in [-0.39, 0.29) is 17.5 Å². The first-order chi connectivity index (χ1) is 12.8. The van der Waals surface area contributed by atoms with Crippen molar-refractivity contribution in [3.63, 3.8) is 0 Å². The lowest BCUT2D eigenvalue weighted by atomic mass is 10.00. The molecule has 1 heterocycles. The zero-order valence-corrected chi connectivity index (χ0v) is 16.1. The number of aromatic hydroxyl groups is 1. The first-order valence-electron chi connectivity index (χ1n) is 9.09. The van der Waals surface area contributed by atoms with Crippen molar-refractivity contribution in [1.82, 2.24) is 14.8 Å². The van der Waals surface area contributed by atoms with Gasteiger partial charge in [0.05, 0.1) is 18.2 Å². The number of ether oxygens (including phenoxy) is 1. The van der Waals surface area contributed by atoms with Crippen molar-refractivity contribution in [3.8, 4) is 22.9 Å². The van der Waals surface area contributed by atoms with Gasteiger partial charge in [0, 0.05) is 0 Å². The van der Waals surface area contributed by atoms with Crippen molar-refractivity contribution >= 4 is 0 Å². The minimum Gasteiger partial charge on any atom is -0.507 e. The Labute approximate surface area is 158 Å². The van der Waals surface area contributed by atoms with Gasteiger partial charge in [-0.05, 0) is 55.2 Å². The molecule has 142 valence electrons. The minimum absolute atomic E-state index is 0.0975. The Bertz CT molecular complexity index is 969. The molecule has 0 atom stereocenters. The second kappa shape index (κ2) is 7.70. The van der Waals surface area contributed by atoms with Crippen LogP contribution in [-0.4, -0.2) is 26.0 Å². The molecule has 1 aromatic heterocycles. The molecule has 0 aliphatic heterocycles. The van der Waals surface area contributed by atoms with E-state index in [0.717, 1.165) is 16.9 Å². The molecule has 3 rings (SSSR count). The summed E-state index contributed by atoms with van der Waals surface area (Å²) in [6.07, 6.45) is 0.107. The maximum Gasteiger partial charge on any atom is 0.343 e. The molecule has 27 heavy (non-hydrogen) atoms. The number of phenols is 1. The molecule has 0 saturated heterocycles. The molecule has 6 heteroatoms. The van der Waals surface area contributed by atoms with Crippen LogP contribution >= 0.6 is 0 Å². The van der Waals surface area contributed by atoms with Gasteiger partial charge in [0.1, 0.15) is 11.5 Å². The highest BCUT2D eigenvalue weighted by Gasteiger charge is 2.16. The van der Waals surface area contributed by atoms with E-state index in [1.165, 1.54) is 4.57 Å². The Morgan fingerprint density at radius 1 is 1.11 bits per heavy atom. The number of hydrogen-bond donors (Lipinski definition) is 2. The zero-order chi connectivity index (χ0) is 19.6. The summed E-state index contributed by atoms with van der Waals surface area (Å²) in [6, 6.07) is 13.0. The number of aromatic nitrogens is 3. The third-order valence-electron chi connectivity index (χ3n) is 4.32. The lowest BCUT2D eigenvalue weighted by molar-refractivity contribution is 0.242. The van der Waals surface area contributed by atoms with Crippen LogP contribution in [0.5, 0.6) is 11.5 Å². The van der Waals surface area contributed by atoms with E-state index in [4.69, 9.17) is 4.74 Å². The summed E-state index contributed by atoms with van der Waals surface area (Å²) in [5.74, 6) is 1.61. The molecule has 0 saturated carbocycles. The van der Waals surface area contributed by atoms with Crippen LogP contribution in [0, 0.1) is 0 Å². The average molecular weight is 367 g/mol. The normalized spacial score (nSPS) is 11.3. The molecule has 0 amide bonds. The highest BCUT2D eigenvalue weighted by Crippen LogP contribution is 2.30. The van der Waals surface area contributed by atoms with Crippen LogP contribution in [0.1, 0.15) is 44.7 Å². The van der Waals surface area contributed by atoms with Gasteiger partial charge in [-0.15, -0.1) is 0 Å². The molecule has 6 nitrogen and oxygen atoms in total. The number of benzene rings is 2. The molecule has 2 N–H and O–H groups in total. The van der Waals surface area contributed by atoms with Gasteiger partial charge >= 0.3 is 5.69 Å². The SMILES string of the molecule is CC(C)Oc1ccc(Cn2c(-c3cc(C(C)C)ccc3O)n[nH]c2=O)cc1. The van der Waals surface area contributed by atoms with Gasteiger partial charge in [-0.1, -0.05) is 32.0 Å². The molecule has 0 fully saturated rings. The van der Waals surface area contributed by atoms with Gasteiger partial charge in [-0.25, -0.2) is 9.89 Å². The van der Waals surface area contributed by atoms with Crippen LogP contribution in [-0.2, 0) is 6.54 Å². The second-order valence-electron chi connectivity index (χ2n) is 7.18. The molecular weight excluding hydrogens is 342 g/mol. The Balaban J connectivity index is 1.94. The van der Waals surface area contributed by atoms with Crippen LogP contribution in [0.3, 0.4) is 0 Å². The molecule has 2 aromatic carbocycles. The molecule has 0 spiro atoms. The fourth-order valence-electron chi connectivity index (χ4n) is 2.89. The average Bonchev–Trinajstić information content (AvgIpc) is 2.97. The Hall–Kier alpha value is -3.02. The number of H-pyrrole nitrogens is 1. The Morgan fingerprint density at radius 3 is 2.44 bits per heavy atom. The van der Waals surface area contributed by atoms with E-state index in [1.54, 1.807) is 6.07 Å². The molecular formula is C21H25N3O3. The van der Waals surface area contributed by atoms with E-state index >= 15 is 0 Å². The number of aromatic amines is 1. The summed E-state index contributed by atoms with van der Waals surface area (Å²) in [7, 11) is 0. The Kier molecular flexibility index (Phi) is 5.35.